The molecule has 3 heteroatoms. The zero-order chi connectivity index (χ0) is 12.7. The van der Waals surface area contributed by atoms with Gasteiger partial charge >= 0.3 is 0 Å². The van der Waals surface area contributed by atoms with E-state index in [0.717, 1.165) is 11.0 Å². The Kier molecular flexibility index (Phi) is 5.57. The molecule has 0 saturated heterocycles. The molecular weight excluding hydrogens is 228 g/mol. The molecule has 1 aromatic heterocycles. The molecule has 0 aliphatic rings. The first kappa shape index (κ1) is 13.6. The molecule has 0 unspecified atom stereocenters. The van der Waals surface area contributed by atoms with E-state index in [9.17, 15) is 0 Å². The molecule has 0 N–H and O–H groups in total. The topological polar surface area (TPSA) is 25.8 Å². The normalized spacial score (nSPS) is 9.18. The number of hydrogen-bond donors (Lipinski definition) is 0. The zero-order valence-corrected chi connectivity index (χ0v) is 11.6. The molecule has 3 aromatic rings. The Bertz CT molecular complexity index is 523. The molecule has 2 aromatic carbocycles. The fourth-order valence-electron chi connectivity index (χ4n) is 1.47. The Labute approximate surface area is 107 Å². The van der Waals surface area contributed by atoms with Crippen molar-refractivity contribution in [2.75, 3.05) is 0 Å². The van der Waals surface area contributed by atoms with E-state index in [2.05, 4.69) is 33.0 Å². The average Bonchev–Trinajstić information content (AvgIpc) is 2.88. The lowest BCUT2D eigenvalue weighted by molar-refractivity contribution is 1.50. The molecule has 0 amide bonds. The number of fused-ring (bicyclic) bond motifs is 2. The molecule has 0 atom stereocenters. The average molecular weight is 246 g/mol. The monoisotopic (exact) mass is 246 g/mol. The predicted octanol–water partition coefficient (Wildman–Crippen LogP) is 4.90. The molecule has 0 spiro atoms. The molecule has 0 fully saturated rings. The molecule has 0 radical (unpaired) electrons. The van der Waals surface area contributed by atoms with Crippen molar-refractivity contribution < 1.29 is 0 Å². The maximum Gasteiger partial charge on any atom is 0.105 e. The summed E-state index contributed by atoms with van der Waals surface area (Å²) in [7, 11) is 0. The molecule has 0 aliphatic carbocycles. The highest BCUT2D eigenvalue weighted by molar-refractivity contribution is 7.00. The summed E-state index contributed by atoms with van der Waals surface area (Å²) in [6, 6.07) is 12.4. The third-order valence-electron chi connectivity index (χ3n) is 2.12. The first-order valence-electron chi connectivity index (χ1n) is 6.04. The molecule has 2 nitrogen and oxygen atoms in total. The fourth-order valence-corrected chi connectivity index (χ4v) is 1.98. The van der Waals surface area contributed by atoms with Gasteiger partial charge in [0, 0.05) is 0 Å². The van der Waals surface area contributed by atoms with Crippen molar-refractivity contribution in [3.8, 4) is 0 Å². The van der Waals surface area contributed by atoms with Crippen LogP contribution in [0, 0.1) is 0 Å². The minimum Gasteiger partial charge on any atom is -0.173 e. The van der Waals surface area contributed by atoms with Crippen molar-refractivity contribution in [3.05, 3.63) is 36.4 Å². The molecule has 0 aliphatic heterocycles. The molecule has 1 heterocycles. The predicted molar refractivity (Wildman–Crippen MR) is 77.6 cm³/mol. The summed E-state index contributed by atoms with van der Waals surface area (Å²) in [5, 5.41) is 2.45. The van der Waals surface area contributed by atoms with E-state index in [0.29, 0.717) is 0 Å². The van der Waals surface area contributed by atoms with Crippen molar-refractivity contribution in [1.29, 1.82) is 0 Å². The van der Waals surface area contributed by atoms with Gasteiger partial charge in [-0.2, -0.15) is 8.75 Å². The molecule has 90 valence electrons. The van der Waals surface area contributed by atoms with E-state index in [4.69, 9.17) is 0 Å². The van der Waals surface area contributed by atoms with E-state index in [1.165, 1.54) is 22.5 Å². The van der Waals surface area contributed by atoms with Gasteiger partial charge in [-0.25, -0.2) is 0 Å². The van der Waals surface area contributed by atoms with Crippen LogP contribution in [0.25, 0.3) is 21.8 Å². The van der Waals surface area contributed by atoms with Crippen LogP contribution in [0.15, 0.2) is 36.4 Å². The standard InChI is InChI=1S/C10H6N2S.2C2H6/c1-2-4-8-6-10-9(11-13-12-10)5-7(8)3-1;2*1-2/h1-6H;2*1-2H3. The van der Waals surface area contributed by atoms with E-state index < -0.39 is 0 Å². The lowest BCUT2D eigenvalue weighted by atomic mass is 10.1. The number of aromatic nitrogens is 2. The van der Waals surface area contributed by atoms with Crippen LogP contribution < -0.4 is 0 Å². The highest BCUT2D eigenvalue weighted by Gasteiger charge is 1.99. The Morgan fingerprint density at radius 3 is 1.59 bits per heavy atom. The van der Waals surface area contributed by atoms with Crippen LogP contribution in [0.2, 0.25) is 0 Å². The minimum absolute atomic E-state index is 0.990. The largest absolute Gasteiger partial charge is 0.173 e. The summed E-state index contributed by atoms with van der Waals surface area (Å²) in [6.07, 6.45) is 0. The summed E-state index contributed by atoms with van der Waals surface area (Å²) < 4.78 is 8.40. The molecule has 17 heavy (non-hydrogen) atoms. The third kappa shape index (κ3) is 3.01. The van der Waals surface area contributed by atoms with Crippen LogP contribution in [0.5, 0.6) is 0 Å². The van der Waals surface area contributed by atoms with E-state index in [-0.39, 0.29) is 0 Å². The zero-order valence-electron chi connectivity index (χ0n) is 10.8. The lowest BCUT2D eigenvalue weighted by Crippen LogP contribution is -1.73. The van der Waals surface area contributed by atoms with Crippen molar-refractivity contribution in [2.24, 2.45) is 0 Å². The minimum atomic E-state index is 0.990. The summed E-state index contributed by atoms with van der Waals surface area (Å²) in [4.78, 5) is 0. The van der Waals surface area contributed by atoms with Crippen LogP contribution in [0.4, 0.5) is 0 Å². The summed E-state index contributed by atoms with van der Waals surface area (Å²) in [5.41, 5.74) is 1.98. The van der Waals surface area contributed by atoms with Crippen molar-refractivity contribution in [1.82, 2.24) is 8.75 Å². The van der Waals surface area contributed by atoms with E-state index in [1.54, 1.807) is 0 Å². The molecule has 0 bridgehead atoms. The quantitative estimate of drug-likeness (QED) is 0.564. The number of rotatable bonds is 0. The van der Waals surface area contributed by atoms with Gasteiger partial charge in [-0.05, 0) is 22.9 Å². The van der Waals surface area contributed by atoms with E-state index >= 15 is 0 Å². The summed E-state index contributed by atoms with van der Waals surface area (Å²) in [6.45, 7) is 8.00. The molecule has 3 rings (SSSR count). The first-order chi connectivity index (χ1) is 8.43. The van der Waals surface area contributed by atoms with Crippen molar-refractivity contribution >= 4 is 33.5 Å². The molecule has 0 saturated carbocycles. The summed E-state index contributed by atoms with van der Waals surface area (Å²) in [5.74, 6) is 0. The van der Waals surface area contributed by atoms with Gasteiger partial charge in [0.15, 0.2) is 0 Å². The second kappa shape index (κ2) is 6.97. The Hall–Kier alpha value is -1.48. The molecular formula is C14H18N2S. The SMILES string of the molecule is CC.CC.c1ccc2cc3nsnc3cc2c1. The van der Waals surface area contributed by atoms with Crippen LogP contribution in [-0.4, -0.2) is 8.75 Å². The van der Waals surface area contributed by atoms with Crippen LogP contribution in [0.1, 0.15) is 27.7 Å². The Morgan fingerprint density at radius 2 is 1.18 bits per heavy atom. The third-order valence-corrected chi connectivity index (χ3v) is 2.68. The van der Waals surface area contributed by atoms with Gasteiger partial charge in [-0.15, -0.1) is 0 Å². The Balaban J connectivity index is 0.000000330. The smallest absolute Gasteiger partial charge is 0.105 e. The van der Waals surface area contributed by atoms with Crippen molar-refractivity contribution in [3.63, 3.8) is 0 Å². The van der Waals surface area contributed by atoms with Gasteiger partial charge in [0.05, 0.1) is 11.7 Å². The van der Waals surface area contributed by atoms with Crippen molar-refractivity contribution in [2.45, 2.75) is 27.7 Å². The van der Waals surface area contributed by atoms with Crippen LogP contribution in [0.3, 0.4) is 0 Å². The highest BCUT2D eigenvalue weighted by Crippen LogP contribution is 2.20. The highest BCUT2D eigenvalue weighted by atomic mass is 32.1. The maximum absolute atomic E-state index is 4.20. The van der Waals surface area contributed by atoms with Crippen LogP contribution in [-0.2, 0) is 0 Å². The second-order valence-electron chi connectivity index (χ2n) is 2.95. The number of hydrogen-bond acceptors (Lipinski definition) is 3. The van der Waals surface area contributed by atoms with Gasteiger partial charge < -0.3 is 0 Å². The second-order valence-corrected chi connectivity index (χ2v) is 3.48. The number of nitrogens with zero attached hydrogens (tertiary/aromatic N) is 2. The van der Waals surface area contributed by atoms with Crippen LogP contribution >= 0.6 is 11.7 Å². The number of benzene rings is 2. The van der Waals surface area contributed by atoms with Gasteiger partial charge in [-0.1, -0.05) is 52.0 Å². The first-order valence-corrected chi connectivity index (χ1v) is 6.77. The van der Waals surface area contributed by atoms with Gasteiger partial charge in [0.1, 0.15) is 11.0 Å². The van der Waals surface area contributed by atoms with Gasteiger partial charge in [0.2, 0.25) is 0 Å². The maximum atomic E-state index is 4.20. The van der Waals surface area contributed by atoms with E-state index in [1.807, 2.05) is 39.8 Å². The van der Waals surface area contributed by atoms with Gasteiger partial charge in [0.25, 0.3) is 0 Å². The van der Waals surface area contributed by atoms with Gasteiger partial charge in [-0.3, -0.25) is 0 Å². The summed E-state index contributed by atoms with van der Waals surface area (Å²) >= 11 is 1.26. The lowest BCUT2D eigenvalue weighted by Gasteiger charge is -1.94. The fraction of sp³-hybridized carbons (Fsp3) is 0.286. The Morgan fingerprint density at radius 1 is 0.765 bits per heavy atom.